The van der Waals surface area contributed by atoms with E-state index in [1.165, 1.54) is 0 Å². The van der Waals surface area contributed by atoms with E-state index in [9.17, 15) is 9.90 Å². The van der Waals surface area contributed by atoms with Gasteiger partial charge in [-0.05, 0) is 24.1 Å². The lowest BCUT2D eigenvalue weighted by molar-refractivity contribution is -0.107. The molecule has 0 unspecified atom stereocenters. The molecule has 0 atom stereocenters. The molecule has 0 spiro atoms. The van der Waals surface area contributed by atoms with Gasteiger partial charge in [-0.2, -0.15) is 0 Å². The van der Waals surface area contributed by atoms with Gasteiger partial charge in [0.2, 0.25) is 0 Å². The summed E-state index contributed by atoms with van der Waals surface area (Å²) in [5, 5.41) is 9.66. The Labute approximate surface area is 85.7 Å². The van der Waals surface area contributed by atoms with Crippen molar-refractivity contribution in [2.75, 3.05) is 0 Å². The third kappa shape index (κ3) is 2.31. The maximum atomic E-state index is 10.3. The molecule has 0 aromatic heterocycles. The number of hydrogen-bond donors (Lipinski definition) is 1. The standard InChI is InChI=1S/C10H11BrO2/c1-2-7-5-9(11)6-8(3-4-12)10(7)13/h4-6,13H,2-3H2,1H3. The Morgan fingerprint density at radius 2 is 2.08 bits per heavy atom. The van der Waals surface area contributed by atoms with Gasteiger partial charge in [0.25, 0.3) is 0 Å². The zero-order valence-electron chi connectivity index (χ0n) is 7.38. The fraction of sp³-hybridized carbons (Fsp3) is 0.300. The Hall–Kier alpha value is -0.830. The minimum atomic E-state index is 0.248. The number of rotatable bonds is 3. The third-order valence-electron chi connectivity index (χ3n) is 1.92. The topological polar surface area (TPSA) is 37.3 Å². The molecule has 2 nitrogen and oxygen atoms in total. The normalized spacial score (nSPS) is 10.0. The highest BCUT2D eigenvalue weighted by atomic mass is 79.9. The number of aldehydes is 1. The van der Waals surface area contributed by atoms with Crippen molar-refractivity contribution in [3.63, 3.8) is 0 Å². The summed E-state index contributed by atoms with van der Waals surface area (Å²) >= 11 is 3.33. The van der Waals surface area contributed by atoms with E-state index >= 15 is 0 Å². The van der Waals surface area contributed by atoms with Crippen molar-refractivity contribution in [3.8, 4) is 5.75 Å². The molecule has 1 aromatic rings. The first-order chi connectivity index (χ1) is 6.19. The van der Waals surface area contributed by atoms with E-state index in [0.717, 1.165) is 22.7 Å². The molecule has 3 heteroatoms. The van der Waals surface area contributed by atoms with Crippen LogP contribution in [0.2, 0.25) is 0 Å². The molecule has 1 rings (SSSR count). The summed E-state index contributed by atoms with van der Waals surface area (Å²) in [5.41, 5.74) is 1.55. The summed E-state index contributed by atoms with van der Waals surface area (Å²) in [4.78, 5) is 10.3. The van der Waals surface area contributed by atoms with Crippen molar-refractivity contribution in [1.29, 1.82) is 0 Å². The molecule has 0 aliphatic rings. The Bertz CT molecular complexity index is 321. The molecule has 1 N–H and O–H groups in total. The fourth-order valence-electron chi connectivity index (χ4n) is 1.23. The smallest absolute Gasteiger partial charge is 0.124 e. The SMILES string of the molecule is CCc1cc(Br)cc(CC=O)c1O. The highest BCUT2D eigenvalue weighted by molar-refractivity contribution is 9.10. The molecule has 0 fully saturated rings. The van der Waals surface area contributed by atoms with E-state index in [4.69, 9.17) is 0 Å². The second kappa shape index (κ2) is 4.42. The van der Waals surface area contributed by atoms with Crippen LogP contribution in [0.15, 0.2) is 16.6 Å². The summed E-state index contributed by atoms with van der Waals surface area (Å²) in [6.07, 6.45) is 1.82. The van der Waals surface area contributed by atoms with Gasteiger partial charge in [0.1, 0.15) is 12.0 Å². The van der Waals surface area contributed by atoms with Gasteiger partial charge >= 0.3 is 0 Å². The van der Waals surface area contributed by atoms with Crippen LogP contribution in [0.4, 0.5) is 0 Å². The van der Waals surface area contributed by atoms with E-state index in [-0.39, 0.29) is 12.2 Å². The van der Waals surface area contributed by atoms with Gasteiger partial charge in [-0.15, -0.1) is 0 Å². The molecule has 70 valence electrons. The van der Waals surface area contributed by atoms with Crippen LogP contribution < -0.4 is 0 Å². The van der Waals surface area contributed by atoms with E-state index in [1.54, 1.807) is 6.07 Å². The van der Waals surface area contributed by atoms with E-state index in [1.807, 2.05) is 13.0 Å². The number of phenols is 1. The molecular formula is C10H11BrO2. The van der Waals surface area contributed by atoms with Crippen LogP contribution in [0.25, 0.3) is 0 Å². The van der Waals surface area contributed by atoms with Gasteiger partial charge in [-0.25, -0.2) is 0 Å². The number of halogens is 1. The second-order valence-corrected chi connectivity index (χ2v) is 3.71. The highest BCUT2D eigenvalue weighted by Gasteiger charge is 2.06. The average Bonchev–Trinajstić information content (AvgIpc) is 2.11. The molecular weight excluding hydrogens is 232 g/mol. The molecule has 0 amide bonds. The monoisotopic (exact) mass is 242 g/mol. The zero-order chi connectivity index (χ0) is 9.84. The molecule has 0 aliphatic heterocycles. The van der Waals surface area contributed by atoms with Crippen LogP contribution in [0.5, 0.6) is 5.75 Å². The molecule has 0 radical (unpaired) electrons. The Morgan fingerprint density at radius 1 is 1.46 bits per heavy atom. The molecule has 0 saturated carbocycles. The van der Waals surface area contributed by atoms with E-state index in [2.05, 4.69) is 15.9 Å². The summed E-state index contributed by atoms with van der Waals surface area (Å²) in [5.74, 6) is 0.248. The Balaban J connectivity index is 3.18. The minimum absolute atomic E-state index is 0.248. The van der Waals surface area contributed by atoms with Crippen LogP contribution in [0.3, 0.4) is 0 Å². The van der Waals surface area contributed by atoms with Crippen LogP contribution in [-0.2, 0) is 17.6 Å². The number of hydrogen-bond acceptors (Lipinski definition) is 2. The summed E-state index contributed by atoms with van der Waals surface area (Å²) < 4.78 is 0.902. The zero-order valence-corrected chi connectivity index (χ0v) is 8.97. The van der Waals surface area contributed by atoms with Crippen LogP contribution in [-0.4, -0.2) is 11.4 Å². The fourth-order valence-corrected chi connectivity index (χ4v) is 1.79. The number of carbonyl (C=O) groups excluding carboxylic acids is 1. The highest BCUT2D eigenvalue weighted by Crippen LogP contribution is 2.27. The van der Waals surface area contributed by atoms with E-state index < -0.39 is 0 Å². The molecule has 0 saturated heterocycles. The third-order valence-corrected chi connectivity index (χ3v) is 2.37. The van der Waals surface area contributed by atoms with Gasteiger partial charge in [0, 0.05) is 16.5 Å². The Morgan fingerprint density at radius 3 is 2.62 bits per heavy atom. The summed E-state index contributed by atoms with van der Waals surface area (Å²) in [6, 6.07) is 3.63. The maximum Gasteiger partial charge on any atom is 0.124 e. The van der Waals surface area contributed by atoms with Crippen molar-refractivity contribution >= 4 is 22.2 Å². The Kier molecular flexibility index (Phi) is 3.48. The van der Waals surface area contributed by atoms with Gasteiger partial charge in [0.05, 0.1) is 0 Å². The van der Waals surface area contributed by atoms with E-state index in [0.29, 0.717) is 5.56 Å². The first kappa shape index (κ1) is 10.3. The predicted molar refractivity (Wildman–Crippen MR) is 55.0 cm³/mol. The largest absolute Gasteiger partial charge is 0.507 e. The number of aromatic hydroxyl groups is 1. The predicted octanol–water partition coefficient (Wildman–Crippen LogP) is 2.46. The number of aryl methyl sites for hydroxylation is 1. The van der Waals surface area contributed by atoms with Gasteiger partial charge < -0.3 is 9.90 Å². The first-order valence-corrected chi connectivity index (χ1v) is 4.92. The van der Waals surface area contributed by atoms with Crippen molar-refractivity contribution < 1.29 is 9.90 Å². The van der Waals surface area contributed by atoms with Crippen LogP contribution in [0.1, 0.15) is 18.1 Å². The molecule has 0 heterocycles. The molecule has 13 heavy (non-hydrogen) atoms. The lowest BCUT2D eigenvalue weighted by Gasteiger charge is -2.07. The van der Waals surface area contributed by atoms with Crippen molar-refractivity contribution in [2.45, 2.75) is 19.8 Å². The lowest BCUT2D eigenvalue weighted by atomic mass is 10.1. The van der Waals surface area contributed by atoms with Crippen molar-refractivity contribution in [2.24, 2.45) is 0 Å². The first-order valence-electron chi connectivity index (χ1n) is 4.13. The second-order valence-electron chi connectivity index (χ2n) is 2.80. The number of benzene rings is 1. The average molecular weight is 243 g/mol. The quantitative estimate of drug-likeness (QED) is 0.828. The van der Waals surface area contributed by atoms with Gasteiger partial charge in [-0.3, -0.25) is 0 Å². The number of phenolic OH excluding ortho intramolecular Hbond substituents is 1. The maximum absolute atomic E-state index is 10.3. The number of carbonyl (C=O) groups is 1. The van der Waals surface area contributed by atoms with Gasteiger partial charge in [0.15, 0.2) is 0 Å². The minimum Gasteiger partial charge on any atom is -0.507 e. The lowest BCUT2D eigenvalue weighted by Crippen LogP contribution is -1.91. The molecule has 0 aliphatic carbocycles. The summed E-state index contributed by atoms with van der Waals surface area (Å²) in [7, 11) is 0. The van der Waals surface area contributed by atoms with Crippen molar-refractivity contribution in [3.05, 3.63) is 27.7 Å². The van der Waals surface area contributed by atoms with Gasteiger partial charge in [-0.1, -0.05) is 22.9 Å². The summed E-state index contributed by atoms with van der Waals surface area (Å²) in [6.45, 7) is 1.96. The van der Waals surface area contributed by atoms with Crippen LogP contribution >= 0.6 is 15.9 Å². The van der Waals surface area contributed by atoms with Crippen molar-refractivity contribution in [1.82, 2.24) is 0 Å². The molecule has 1 aromatic carbocycles. The molecule has 0 bridgehead atoms. The van der Waals surface area contributed by atoms with Crippen LogP contribution in [0, 0.1) is 0 Å².